The molecule has 1 aromatic rings. The zero-order valence-electron chi connectivity index (χ0n) is 9.80. The van der Waals surface area contributed by atoms with Crippen molar-refractivity contribution in [1.29, 1.82) is 0 Å². The maximum Gasteiger partial charge on any atom is 0.385 e. The summed E-state index contributed by atoms with van der Waals surface area (Å²) in [6, 6.07) is 3.16. The van der Waals surface area contributed by atoms with Gasteiger partial charge in [0.2, 0.25) is 0 Å². The molecule has 0 heterocycles. The van der Waals surface area contributed by atoms with E-state index in [1.54, 1.807) is 20.8 Å². The highest BCUT2D eigenvalue weighted by molar-refractivity contribution is 5.89. The number of carbonyl (C=O) groups excluding carboxylic acids is 1. The van der Waals surface area contributed by atoms with Crippen LogP contribution in [0.2, 0.25) is 0 Å². The van der Waals surface area contributed by atoms with Crippen LogP contribution >= 0.6 is 0 Å². The van der Waals surface area contributed by atoms with E-state index >= 15 is 0 Å². The minimum Gasteiger partial charge on any atom is -0.450 e. The summed E-state index contributed by atoms with van der Waals surface area (Å²) < 4.78 is 30.4. The summed E-state index contributed by atoms with van der Waals surface area (Å²) >= 11 is 0. The lowest BCUT2D eigenvalue weighted by Crippen LogP contribution is -2.22. The van der Waals surface area contributed by atoms with E-state index in [-0.39, 0.29) is 5.56 Å². The standard InChI is InChI=1S/C13H12F2O2/c1-13(2,3)17-12(16)7-5-9-4-6-10(14)11(15)8-9/h4,6,8H,1-3H3. The van der Waals surface area contributed by atoms with Crippen molar-refractivity contribution in [1.82, 2.24) is 0 Å². The number of carbonyl (C=O) groups is 1. The molecule has 0 amide bonds. The molecule has 0 aliphatic rings. The lowest BCUT2D eigenvalue weighted by atomic mass is 10.2. The van der Waals surface area contributed by atoms with E-state index in [2.05, 4.69) is 11.8 Å². The van der Waals surface area contributed by atoms with Crippen LogP contribution in [-0.2, 0) is 9.53 Å². The third-order valence-corrected chi connectivity index (χ3v) is 1.63. The molecule has 0 atom stereocenters. The van der Waals surface area contributed by atoms with Crippen molar-refractivity contribution in [3.8, 4) is 11.8 Å². The molecule has 0 unspecified atom stereocenters. The van der Waals surface area contributed by atoms with Gasteiger partial charge in [-0.1, -0.05) is 5.92 Å². The van der Waals surface area contributed by atoms with Gasteiger partial charge in [0, 0.05) is 11.5 Å². The summed E-state index contributed by atoms with van der Waals surface area (Å²) in [7, 11) is 0. The second-order valence-corrected chi connectivity index (χ2v) is 4.38. The van der Waals surface area contributed by atoms with Gasteiger partial charge in [-0.25, -0.2) is 13.6 Å². The lowest BCUT2D eigenvalue weighted by Gasteiger charge is -2.16. The Kier molecular flexibility index (Phi) is 3.84. The molecule has 0 fully saturated rings. The average Bonchev–Trinajstić information content (AvgIpc) is 2.17. The fraction of sp³-hybridized carbons (Fsp3) is 0.308. The molecule has 90 valence electrons. The van der Waals surface area contributed by atoms with Gasteiger partial charge in [-0.15, -0.1) is 0 Å². The molecule has 0 N–H and O–H groups in total. The normalized spacial score (nSPS) is 10.4. The average molecular weight is 238 g/mol. The number of rotatable bonds is 0. The molecule has 0 bridgehead atoms. The number of hydrogen-bond donors (Lipinski definition) is 0. The number of esters is 1. The maximum absolute atomic E-state index is 12.8. The molecule has 0 aliphatic heterocycles. The summed E-state index contributed by atoms with van der Waals surface area (Å²) in [5, 5.41) is 0. The van der Waals surface area contributed by atoms with Gasteiger partial charge in [0.25, 0.3) is 0 Å². The number of benzene rings is 1. The van der Waals surface area contributed by atoms with Crippen molar-refractivity contribution >= 4 is 5.97 Å². The van der Waals surface area contributed by atoms with Crippen molar-refractivity contribution in [2.75, 3.05) is 0 Å². The monoisotopic (exact) mass is 238 g/mol. The molecule has 0 aliphatic carbocycles. The second-order valence-electron chi connectivity index (χ2n) is 4.38. The third kappa shape index (κ3) is 4.64. The van der Waals surface area contributed by atoms with E-state index in [9.17, 15) is 13.6 Å². The van der Waals surface area contributed by atoms with Crippen LogP contribution in [0.4, 0.5) is 8.78 Å². The van der Waals surface area contributed by atoms with Gasteiger partial charge in [0.1, 0.15) is 5.60 Å². The minimum atomic E-state index is -0.999. The highest BCUT2D eigenvalue weighted by Gasteiger charge is 2.14. The second kappa shape index (κ2) is 4.96. The highest BCUT2D eigenvalue weighted by Crippen LogP contribution is 2.08. The Morgan fingerprint density at radius 3 is 2.41 bits per heavy atom. The molecule has 0 saturated carbocycles. The number of halogens is 2. The van der Waals surface area contributed by atoms with Crippen molar-refractivity contribution < 1.29 is 18.3 Å². The molecule has 0 spiro atoms. The summed E-state index contributed by atoms with van der Waals surface area (Å²) in [5.74, 6) is 1.95. The lowest BCUT2D eigenvalue weighted by molar-refractivity contribution is -0.147. The first-order chi connectivity index (χ1) is 7.78. The molecule has 0 radical (unpaired) electrons. The largest absolute Gasteiger partial charge is 0.450 e. The molecule has 1 aromatic carbocycles. The first kappa shape index (κ1) is 13.2. The van der Waals surface area contributed by atoms with E-state index in [0.29, 0.717) is 0 Å². The summed E-state index contributed by atoms with van der Waals surface area (Å²) in [4.78, 5) is 11.2. The van der Waals surface area contributed by atoms with E-state index in [0.717, 1.165) is 12.1 Å². The van der Waals surface area contributed by atoms with Crippen LogP contribution in [0, 0.1) is 23.5 Å². The van der Waals surface area contributed by atoms with Crippen LogP contribution in [-0.4, -0.2) is 11.6 Å². The minimum absolute atomic E-state index is 0.217. The quantitative estimate of drug-likeness (QED) is 0.513. The predicted octanol–water partition coefficient (Wildman–Crippen LogP) is 2.66. The smallest absolute Gasteiger partial charge is 0.385 e. The Balaban J connectivity index is 2.78. The van der Waals surface area contributed by atoms with Crippen LogP contribution in [0.1, 0.15) is 26.3 Å². The Bertz CT molecular complexity index is 490. The van der Waals surface area contributed by atoms with E-state index < -0.39 is 23.2 Å². The third-order valence-electron chi connectivity index (χ3n) is 1.63. The van der Waals surface area contributed by atoms with Crippen molar-refractivity contribution in [2.45, 2.75) is 26.4 Å². The van der Waals surface area contributed by atoms with E-state index in [4.69, 9.17) is 4.74 Å². The van der Waals surface area contributed by atoms with E-state index in [1.165, 1.54) is 6.07 Å². The van der Waals surface area contributed by atoms with Gasteiger partial charge in [-0.2, -0.15) is 0 Å². The Labute approximate surface area is 98.6 Å². The molecule has 17 heavy (non-hydrogen) atoms. The zero-order chi connectivity index (χ0) is 13.1. The van der Waals surface area contributed by atoms with Crippen LogP contribution in [0.5, 0.6) is 0 Å². The van der Waals surface area contributed by atoms with Crippen molar-refractivity contribution in [2.24, 2.45) is 0 Å². The van der Waals surface area contributed by atoms with Gasteiger partial charge in [0.05, 0.1) is 0 Å². The Hall–Kier alpha value is -1.89. The van der Waals surface area contributed by atoms with Gasteiger partial charge in [-0.3, -0.25) is 0 Å². The fourth-order valence-electron chi connectivity index (χ4n) is 1.00. The number of ether oxygens (including phenoxy) is 1. The molecular weight excluding hydrogens is 226 g/mol. The first-order valence-corrected chi connectivity index (χ1v) is 4.98. The highest BCUT2D eigenvalue weighted by atomic mass is 19.2. The Morgan fingerprint density at radius 1 is 1.24 bits per heavy atom. The molecule has 0 saturated heterocycles. The summed E-state index contributed by atoms with van der Waals surface area (Å²) in [6.45, 7) is 5.14. The van der Waals surface area contributed by atoms with Crippen molar-refractivity contribution in [3.63, 3.8) is 0 Å². The molecule has 0 aromatic heterocycles. The van der Waals surface area contributed by atoms with Crippen LogP contribution < -0.4 is 0 Å². The molecule has 1 rings (SSSR count). The van der Waals surface area contributed by atoms with Crippen LogP contribution in [0.15, 0.2) is 18.2 Å². The topological polar surface area (TPSA) is 26.3 Å². The predicted molar refractivity (Wildman–Crippen MR) is 59.1 cm³/mol. The van der Waals surface area contributed by atoms with Crippen LogP contribution in [0.25, 0.3) is 0 Å². The molecular formula is C13H12F2O2. The first-order valence-electron chi connectivity index (χ1n) is 4.98. The summed E-state index contributed by atoms with van der Waals surface area (Å²) in [5.41, 5.74) is -0.408. The Morgan fingerprint density at radius 2 is 1.88 bits per heavy atom. The molecule has 2 nitrogen and oxygen atoms in total. The SMILES string of the molecule is CC(C)(C)OC(=O)C#Cc1ccc(F)c(F)c1. The zero-order valence-corrected chi connectivity index (χ0v) is 9.80. The number of hydrogen-bond acceptors (Lipinski definition) is 2. The van der Waals surface area contributed by atoms with Gasteiger partial charge < -0.3 is 4.74 Å². The van der Waals surface area contributed by atoms with Crippen LogP contribution in [0.3, 0.4) is 0 Å². The van der Waals surface area contributed by atoms with Gasteiger partial charge in [0.15, 0.2) is 11.6 Å². The van der Waals surface area contributed by atoms with E-state index in [1.807, 2.05) is 0 Å². The van der Waals surface area contributed by atoms with Crippen molar-refractivity contribution in [3.05, 3.63) is 35.4 Å². The van der Waals surface area contributed by atoms with Gasteiger partial charge >= 0.3 is 5.97 Å². The van der Waals surface area contributed by atoms with Gasteiger partial charge in [-0.05, 0) is 39.0 Å². The maximum atomic E-state index is 12.8. The molecule has 4 heteroatoms. The fourth-order valence-corrected chi connectivity index (χ4v) is 1.00. The summed E-state index contributed by atoms with van der Waals surface area (Å²) in [6.07, 6.45) is 0.